The molecule has 0 radical (unpaired) electrons. The van der Waals surface area contributed by atoms with Crippen LogP contribution in [-0.2, 0) is 16.1 Å². The molecule has 5 nitrogen and oxygen atoms in total. The molecule has 0 bridgehead atoms. The summed E-state index contributed by atoms with van der Waals surface area (Å²) in [6.07, 6.45) is 0.427. The van der Waals surface area contributed by atoms with Crippen LogP contribution in [0.25, 0.3) is 0 Å². The summed E-state index contributed by atoms with van der Waals surface area (Å²) in [6.45, 7) is 7.43. The van der Waals surface area contributed by atoms with E-state index >= 15 is 0 Å². The number of nitrogens with zero attached hydrogens (tertiary/aromatic N) is 1. The van der Waals surface area contributed by atoms with Gasteiger partial charge < -0.3 is 15.0 Å². The van der Waals surface area contributed by atoms with E-state index in [1.54, 1.807) is 42.5 Å². The maximum atomic E-state index is 13.2. The molecule has 0 aliphatic heterocycles. The molecule has 0 saturated heterocycles. The first-order chi connectivity index (χ1) is 14.5. The molecule has 2 aromatic rings. The van der Waals surface area contributed by atoms with Gasteiger partial charge in [0.2, 0.25) is 5.91 Å². The van der Waals surface area contributed by atoms with Crippen molar-refractivity contribution in [3.8, 4) is 5.75 Å². The minimum absolute atomic E-state index is 0.143. The summed E-state index contributed by atoms with van der Waals surface area (Å²) in [7, 11) is 0. The predicted octanol–water partition coefficient (Wildman–Crippen LogP) is 5.75. The first-order valence-electron chi connectivity index (χ1n) is 9.94. The van der Waals surface area contributed by atoms with Crippen molar-refractivity contribution in [1.82, 2.24) is 10.2 Å². The minimum Gasteiger partial charge on any atom is -0.484 e. The Morgan fingerprint density at radius 3 is 2.32 bits per heavy atom. The van der Waals surface area contributed by atoms with Gasteiger partial charge in [-0.25, -0.2) is 0 Å². The Labute approximate surface area is 198 Å². The summed E-state index contributed by atoms with van der Waals surface area (Å²) in [6, 6.07) is 11.2. The third-order valence-electron chi connectivity index (χ3n) is 4.40. The highest BCUT2D eigenvalue weighted by Crippen LogP contribution is 2.24. The Hall–Kier alpha value is -1.95. The highest BCUT2D eigenvalue weighted by Gasteiger charge is 2.31. The van der Waals surface area contributed by atoms with Crippen LogP contribution in [0.2, 0.25) is 15.1 Å². The van der Waals surface area contributed by atoms with Gasteiger partial charge >= 0.3 is 0 Å². The summed E-state index contributed by atoms with van der Waals surface area (Å²) in [5.41, 5.74) is 0.248. The van der Waals surface area contributed by atoms with Crippen LogP contribution in [0, 0.1) is 0 Å². The molecular formula is C23H27Cl3N2O3. The Morgan fingerprint density at radius 1 is 1.06 bits per heavy atom. The molecule has 8 heteroatoms. The molecule has 2 aromatic carbocycles. The lowest BCUT2D eigenvalue weighted by molar-refractivity contribution is -0.143. The van der Waals surface area contributed by atoms with Gasteiger partial charge in [-0.15, -0.1) is 0 Å². The van der Waals surface area contributed by atoms with Gasteiger partial charge in [0.25, 0.3) is 5.91 Å². The summed E-state index contributed by atoms with van der Waals surface area (Å²) in [5, 5.41) is 4.37. The molecule has 2 amide bonds. The smallest absolute Gasteiger partial charge is 0.261 e. The molecule has 168 valence electrons. The maximum Gasteiger partial charge on any atom is 0.261 e. The molecule has 0 spiro atoms. The van der Waals surface area contributed by atoms with Crippen molar-refractivity contribution >= 4 is 46.6 Å². The lowest BCUT2D eigenvalue weighted by atomic mass is 10.1. The zero-order chi connectivity index (χ0) is 23.2. The van der Waals surface area contributed by atoms with Crippen LogP contribution < -0.4 is 10.1 Å². The van der Waals surface area contributed by atoms with Crippen LogP contribution in [-0.4, -0.2) is 34.9 Å². The van der Waals surface area contributed by atoms with Gasteiger partial charge in [-0.1, -0.05) is 53.9 Å². The fraction of sp³-hybridized carbons (Fsp3) is 0.391. The van der Waals surface area contributed by atoms with Gasteiger partial charge in [0.1, 0.15) is 11.8 Å². The largest absolute Gasteiger partial charge is 0.484 e. The van der Waals surface area contributed by atoms with Crippen LogP contribution in [0.3, 0.4) is 0 Å². The zero-order valence-electron chi connectivity index (χ0n) is 18.0. The molecule has 0 fully saturated rings. The fourth-order valence-corrected chi connectivity index (χ4v) is 3.64. The number of ether oxygens (including phenoxy) is 1. The number of nitrogens with one attached hydrogen (secondary N) is 1. The molecule has 0 unspecified atom stereocenters. The number of halogens is 3. The lowest BCUT2D eigenvalue weighted by Crippen LogP contribution is -2.54. The fourth-order valence-electron chi connectivity index (χ4n) is 2.99. The van der Waals surface area contributed by atoms with Crippen LogP contribution in [0.1, 0.15) is 39.7 Å². The molecule has 0 aromatic heterocycles. The molecule has 0 heterocycles. The minimum atomic E-state index is -0.693. The molecule has 2 rings (SSSR count). The summed E-state index contributed by atoms with van der Waals surface area (Å²) < 4.78 is 5.63. The second kappa shape index (κ2) is 11.1. The van der Waals surface area contributed by atoms with Crippen molar-refractivity contribution < 1.29 is 14.3 Å². The molecule has 1 N–H and O–H groups in total. The molecule has 0 saturated carbocycles. The van der Waals surface area contributed by atoms with Gasteiger partial charge in [0, 0.05) is 27.2 Å². The average Bonchev–Trinajstić information content (AvgIpc) is 2.66. The quantitative estimate of drug-likeness (QED) is 0.518. The van der Waals surface area contributed by atoms with E-state index in [2.05, 4.69) is 5.32 Å². The van der Waals surface area contributed by atoms with Crippen LogP contribution in [0.4, 0.5) is 0 Å². The van der Waals surface area contributed by atoms with Crippen molar-refractivity contribution in [1.29, 1.82) is 0 Å². The first-order valence-corrected chi connectivity index (χ1v) is 11.1. The van der Waals surface area contributed by atoms with E-state index in [0.29, 0.717) is 32.8 Å². The van der Waals surface area contributed by atoms with E-state index in [9.17, 15) is 9.59 Å². The molecule has 0 aliphatic carbocycles. The van der Waals surface area contributed by atoms with Crippen molar-refractivity contribution in [2.24, 2.45) is 0 Å². The third-order valence-corrected chi connectivity index (χ3v) is 5.22. The predicted molar refractivity (Wildman–Crippen MR) is 126 cm³/mol. The Kier molecular flexibility index (Phi) is 9.04. The highest BCUT2D eigenvalue weighted by atomic mass is 35.5. The van der Waals surface area contributed by atoms with E-state index in [1.807, 2.05) is 27.7 Å². The second-order valence-electron chi connectivity index (χ2n) is 8.17. The average molecular weight is 486 g/mol. The van der Waals surface area contributed by atoms with E-state index in [-0.39, 0.29) is 25.0 Å². The first kappa shape index (κ1) is 25.3. The highest BCUT2D eigenvalue weighted by molar-refractivity contribution is 6.35. The van der Waals surface area contributed by atoms with Gasteiger partial charge in [-0.3, -0.25) is 9.59 Å². The van der Waals surface area contributed by atoms with E-state index in [0.717, 1.165) is 0 Å². The van der Waals surface area contributed by atoms with Crippen molar-refractivity contribution in [3.63, 3.8) is 0 Å². The number of carbonyl (C=O) groups excluding carboxylic acids is 2. The number of rotatable bonds is 8. The number of hydrogen-bond donors (Lipinski definition) is 1. The normalized spacial score (nSPS) is 12.2. The summed E-state index contributed by atoms with van der Waals surface area (Å²) >= 11 is 18.3. The zero-order valence-corrected chi connectivity index (χ0v) is 20.3. The molecular weight excluding hydrogens is 459 g/mol. The summed E-state index contributed by atoms with van der Waals surface area (Å²) in [5.74, 6) is -0.115. The van der Waals surface area contributed by atoms with Crippen molar-refractivity contribution in [3.05, 3.63) is 63.1 Å². The van der Waals surface area contributed by atoms with Crippen LogP contribution in [0.15, 0.2) is 42.5 Å². The Balaban J connectivity index is 2.28. The topological polar surface area (TPSA) is 58.6 Å². The van der Waals surface area contributed by atoms with E-state index in [1.165, 1.54) is 4.90 Å². The number of benzene rings is 2. The van der Waals surface area contributed by atoms with Crippen molar-refractivity contribution in [2.75, 3.05) is 6.61 Å². The van der Waals surface area contributed by atoms with Crippen LogP contribution >= 0.6 is 34.8 Å². The Bertz CT molecular complexity index is 929. The van der Waals surface area contributed by atoms with Gasteiger partial charge in [-0.05, 0) is 63.1 Å². The van der Waals surface area contributed by atoms with Gasteiger partial charge in [0.05, 0.1) is 0 Å². The molecule has 1 atom stereocenters. The lowest BCUT2D eigenvalue weighted by Gasteiger charge is -2.33. The monoisotopic (exact) mass is 484 g/mol. The van der Waals surface area contributed by atoms with Crippen LogP contribution in [0.5, 0.6) is 5.75 Å². The number of hydrogen-bond acceptors (Lipinski definition) is 3. The molecule has 0 aliphatic rings. The number of amides is 2. The summed E-state index contributed by atoms with van der Waals surface area (Å²) in [4.78, 5) is 27.6. The SMILES string of the molecule is CC[C@H](C(=O)NC(C)(C)C)N(Cc1ccc(Cl)cc1Cl)C(=O)COc1cccc(Cl)c1. The Morgan fingerprint density at radius 2 is 1.74 bits per heavy atom. The standard InChI is InChI=1S/C23H27Cl3N2O3/c1-5-20(22(30)27-23(2,3)4)28(13-15-9-10-17(25)12-19(15)26)21(29)14-31-18-8-6-7-16(24)11-18/h6-12,20H,5,13-14H2,1-4H3,(H,27,30)/t20-/m1/s1. The van der Waals surface area contributed by atoms with E-state index in [4.69, 9.17) is 39.5 Å². The van der Waals surface area contributed by atoms with Gasteiger partial charge in [0.15, 0.2) is 6.61 Å². The third kappa shape index (κ3) is 7.91. The van der Waals surface area contributed by atoms with E-state index < -0.39 is 11.6 Å². The second-order valence-corrected chi connectivity index (χ2v) is 9.45. The number of carbonyl (C=O) groups is 2. The van der Waals surface area contributed by atoms with Gasteiger partial charge in [-0.2, -0.15) is 0 Å². The maximum absolute atomic E-state index is 13.2. The van der Waals surface area contributed by atoms with Crippen molar-refractivity contribution in [2.45, 2.75) is 52.2 Å². The molecule has 31 heavy (non-hydrogen) atoms.